The van der Waals surface area contributed by atoms with Crippen molar-refractivity contribution in [1.29, 1.82) is 0 Å². The highest BCUT2D eigenvalue weighted by Crippen LogP contribution is 2.49. The topological polar surface area (TPSA) is 8.17 Å². The third-order valence-electron chi connectivity index (χ3n) is 13.5. The minimum atomic E-state index is 1.08. The van der Waals surface area contributed by atoms with E-state index in [0.717, 1.165) is 28.3 Å². The second-order valence-corrected chi connectivity index (χ2v) is 17.2. The normalized spacial score (nSPS) is 11.6. The van der Waals surface area contributed by atoms with Gasteiger partial charge in [0.25, 0.3) is 0 Å². The second-order valence-electron chi connectivity index (χ2n) is 17.2. The van der Waals surface area contributed by atoms with E-state index in [0.29, 0.717) is 0 Å². The Bertz CT molecular complexity index is 3970. The summed E-state index contributed by atoms with van der Waals surface area (Å²) < 4.78 is 2.50. The molecule has 0 saturated carbocycles. The zero-order valence-corrected chi connectivity index (χ0v) is 36.1. The van der Waals surface area contributed by atoms with Crippen molar-refractivity contribution in [3.63, 3.8) is 0 Å². The lowest BCUT2D eigenvalue weighted by Gasteiger charge is -2.28. The first kappa shape index (κ1) is 37.8. The molecular weight excluding hydrogens is 797 g/mol. The average molecular weight is 839 g/mol. The van der Waals surface area contributed by atoms with Crippen LogP contribution in [0.5, 0.6) is 0 Å². The molecule has 0 bridgehead atoms. The van der Waals surface area contributed by atoms with Gasteiger partial charge in [0.15, 0.2) is 0 Å². The van der Waals surface area contributed by atoms with E-state index < -0.39 is 0 Å². The van der Waals surface area contributed by atoms with Crippen LogP contribution in [0.15, 0.2) is 255 Å². The standard InChI is InChI=1S/C64H42N2/c1-3-19-46(20-4-1)62-56-28-12-11-26-53(56)54-40-39-51(42-58(54)63(62)47-21-5-2-6-22-47)65(50-37-35-44(36-38-50)49-34-33-43-17-7-8-23-48(43)41-49)61-32-16-29-57-55-27-13-14-30-60(55)66(64(57)61)59-31-15-24-45-18-9-10-25-52(45)59/h1-42H. The molecule has 308 valence electrons. The predicted octanol–water partition coefficient (Wildman–Crippen LogP) is 17.9. The number of benzene rings is 12. The van der Waals surface area contributed by atoms with Gasteiger partial charge in [-0.15, -0.1) is 0 Å². The molecule has 0 spiro atoms. The monoisotopic (exact) mass is 838 g/mol. The molecule has 0 aliphatic heterocycles. The Morgan fingerprint density at radius 1 is 0.273 bits per heavy atom. The molecule has 2 nitrogen and oxygen atoms in total. The molecule has 12 aromatic carbocycles. The van der Waals surface area contributed by atoms with Crippen LogP contribution in [-0.4, -0.2) is 4.57 Å². The summed E-state index contributed by atoms with van der Waals surface area (Å²) in [5, 5.41) is 12.2. The van der Waals surface area contributed by atoms with Crippen molar-refractivity contribution in [1.82, 2.24) is 4.57 Å². The van der Waals surface area contributed by atoms with Crippen molar-refractivity contribution in [2.24, 2.45) is 0 Å². The molecule has 1 heterocycles. The highest BCUT2D eigenvalue weighted by atomic mass is 15.2. The Kier molecular flexibility index (Phi) is 8.89. The number of hydrogen-bond acceptors (Lipinski definition) is 1. The van der Waals surface area contributed by atoms with Gasteiger partial charge < -0.3 is 9.47 Å². The van der Waals surface area contributed by atoms with Crippen LogP contribution in [0.2, 0.25) is 0 Å². The van der Waals surface area contributed by atoms with Gasteiger partial charge in [-0.2, -0.15) is 0 Å². The van der Waals surface area contributed by atoms with E-state index >= 15 is 0 Å². The van der Waals surface area contributed by atoms with Crippen LogP contribution in [-0.2, 0) is 0 Å². The quantitative estimate of drug-likeness (QED) is 0.145. The largest absolute Gasteiger partial charge is 0.308 e. The maximum atomic E-state index is 2.50. The molecule has 0 radical (unpaired) electrons. The molecule has 1 aromatic heterocycles. The van der Waals surface area contributed by atoms with E-state index in [9.17, 15) is 0 Å². The summed E-state index contributed by atoms with van der Waals surface area (Å²) in [6, 6.07) is 93.5. The molecule has 0 N–H and O–H groups in total. The average Bonchev–Trinajstić information content (AvgIpc) is 3.73. The van der Waals surface area contributed by atoms with Crippen LogP contribution in [0.3, 0.4) is 0 Å². The number of anilines is 3. The lowest BCUT2D eigenvalue weighted by Crippen LogP contribution is -2.12. The first-order valence-corrected chi connectivity index (χ1v) is 22.8. The summed E-state index contributed by atoms with van der Waals surface area (Å²) >= 11 is 0. The first-order valence-electron chi connectivity index (χ1n) is 22.8. The maximum Gasteiger partial charge on any atom is 0.0782 e. The third kappa shape index (κ3) is 6.11. The zero-order chi connectivity index (χ0) is 43.6. The molecule has 0 atom stereocenters. The SMILES string of the molecule is c1ccc(-c2c(-c3ccccc3)c3cc(N(c4ccc(-c5ccc6ccccc6c5)cc4)c4cccc5c6ccccc6n(-c6cccc7ccccc67)c45)ccc3c3ccccc23)cc1. The van der Waals surface area contributed by atoms with Gasteiger partial charge in [-0.05, 0) is 120 Å². The summed E-state index contributed by atoms with van der Waals surface area (Å²) in [4.78, 5) is 2.48. The van der Waals surface area contributed by atoms with Gasteiger partial charge in [0.1, 0.15) is 0 Å². The van der Waals surface area contributed by atoms with Crippen molar-refractivity contribution in [2.45, 2.75) is 0 Å². The van der Waals surface area contributed by atoms with E-state index in [1.54, 1.807) is 0 Å². The highest BCUT2D eigenvalue weighted by Gasteiger charge is 2.24. The third-order valence-corrected chi connectivity index (χ3v) is 13.5. The Balaban J connectivity index is 1.12. The molecule has 0 saturated heterocycles. The summed E-state index contributed by atoms with van der Waals surface area (Å²) in [6.45, 7) is 0. The lowest BCUT2D eigenvalue weighted by atomic mass is 9.85. The van der Waals surface area contributed by atoms with E-state index in [4.69, 9.17) is 0 Å². The van der Waals surface area contributed by atoms with Crippen molar-refractivity contribution < 1.29 is 0 Å². The van der Waals surface area contributed by atoms with Crippen LogP contribution in [0.25, 0.3) is 104 Å². The van der Waals surface area contributed by atoms with Gasteiger partial charge in [0.2, 0.25) is 0 Å². The van der Waals surface area contributed by atoms with Gasteiger partial charge in [0, 0.05) is 27.5 Å². The molecule has 0 amide bonds. The Labute approximate surface area is 383 Å². The first-order chi connectivity index (χ1) is 32.8. The van der Waals surface area contributed by atoms with Crippen LogP contribution >= 0.6 is 0 Å². The Morgan fingerprint density at radius 2 is 0.818 bits per heavy atom. The predicted molar refractivity (Wildman–Crippen MR) is 282 cm³/mol. The molecule has 2 heteroatoms. The molecule has 0 unspecified atom stereocenters. The fraction of sp³-hybridized carbons (Fsp3) is 0. The van der Waals surface area contributed by atoms with Crippen molar-refractivity contribution in [2.75, 3.05) is 4.90 Å². The second kappa shape index (κ2) is 15.5. The summed E-state index contributed by atoms with van der Waals surface area (Å²) in [6.07, 6.45) is 0. The summed E-state index contributed by atoms with van der Waals surface area (Å²) in [5.41, 5.74) is 14.0. The van der Waals surface area contributed by atoms with Crippen molar-refractivity contribution in [3.8, 4) is 39.1 Å². The highest BCUT2D eigenvalue weighted by molar-refractivity contribution is 6.23. The number of hydrogen-bond donors (Lipinski definition) is 0. The maximum absolute atomic E-state index is 2.50. The molecule has 13 rings (SSSR count). The molecule has 13 aromatic rings. The number of aromatic nitrogens is 1. The van der Waals surface area contributed by atoms with Gasteiger partial charge in [-0.25, -0.2) is 0 Å². The van der Waals surface area contributed by atoms with Gasteiger partial charge >= 0.3 is 0 Å². The molecular formula is C64H42N2. The molecule has 0 aliphatic carbocycles. The van der Waals surface area contributed by atoms with E-state index in [-0.39, 0.29) is 0 Å². The molecule has 0 aliphatic rings. The Hall–Kier alpha value is -8.72. The Morgan fingerprint density at radius 3 is 1.59 bits per heavy atom. The van der Waals surface area contributed by atoms with Gasteiger partial charge in [-0.1, -0.05) is 206 Å². The fourth-order valence-electron chi connectivity index (χ4n) is 10.6. The number of fused-ring (bicyclic) bond motifs is 8. The summed E-state index contributed by atoms with van der Waals surface area (Å²) in [5.74, 6) is 0. The number of nitrogens with zero attached hydrogens (tertiary/aromatic N) is 2. The van der Waals surface area contributed by atoms with Gasteiger partial charge in [0.05, 0.1) is 22.4 Å². The van der Waals surface area contributed by atoms with E-state index in [1.165, 1.54) is 92.8 Å². The minimum absolute atomic E-state index is 1.08. The number of rotatable bonds is 7. The van der Waals surface area contributed by atoms with Crippen molar-refractivity contribution >= 4 is 82.0 Å². The van der Waals surface area contributed by atoms with Crippen LogP contribution in [0.4, 0.5) is 17.1 Å². The van der Waals surface area contributed by atoms with Crippen LogP contribution in [0.1, 0.15) is 0 Å². The molecule has 66 heavy (non-hydrogen) atoms. The van der Waals surface area contributed by atoms with Crippen molar-refractivity contribution in [3.05, 3.63) is 255 Å². The fourth-order valence-corrected chi connectivity index (χ4v) is 10.6. The van der Waals surface area contributed by atoms with Crippen LogP contribution in [0, 0.1) is 0 Å². The number of para-hydroxylation sites is 2. The van der Waals surface area contributed by atoms with E-state index in [1.807, 2.05) is 0 Å². The lowest BCUT2D eigenvalue weighted by molar-refractivity contribution is 1.18. The smallest absolute Gasteiger partial charge is 0.0782 e. The van der Waals surface area contributed by atoms with E-state index in [2.05, 4.69) is 264 Å². The minimum Gasteiger partial charge on any atom is -0.308 e. The van der Waals surface area contributed by atoms with Crippen LogP contribution < -0.4 is 4.90 Å². The van der Waals surface area contributed by atoms with Gasteiger partial charge in [-0.3, -0.25) is 0 Å². The zero-order valence-electron chi connectivity index (χ0n) is 36.1. The summed E-state index contributed by atoms with van der Waals surface area (Å²) in [7, 11) is 0. The molecule has 0 fully saturated rings.